The normalized spacial score (nSPS) is 21.4. The Morgan fingerprint density at radius 2 is 1.05 bits per heavy atom. The quantitative estimate of drug-likeness (QED) is 0.176. The molecule has 314 valence electrons. The van der Waals surface area contributed by atoms with Crippen molar-refractivity contribution >= 4 is 43.9 Å². The monoisotopic (exact) mass is 851 g/mol. The van der Waals surface area contributed by atoms with Gasteiger partial charge >= 0.3 is 0 Å². The first kappa shape index (κ1) is 37.3. The predicted molar refractivity (Wildman–Crippen MR) is 263 cm³/mol. The summed E-state index contributed by atoms with van der Waals surface area (Å²) < 4.78 is 19.6. The molecule has 4 heterocycles. The van der Waals surface area contributed by atoms with Gasteiger partial charge in [0.2, 0.25) is 0 Å². The molecule has 7 aromatic carbocycles. The molecule has 6 nitrogen and oxygen atoms in total. The second kappa shape index (κ2) is 13.7. The Balaban J connectivity index is 0.996. The van der Waals surface area contributed by atoms with Crippen LogP contribution in [0.2, 0.25) is 0 Å². The molecule has 66 heavy (non-hydrogen) atoms. The van der Waals surface area contributed by atoms with E-state index in [1.54, 1.807) is 0 Å². The zero-order chi connectivity index (χ0) is 43.7. The van der Waals surface area contributed by atoms with Crippen LogP contribution in [0, 0.1) is 5.92 Å². The summed E-state index contributed by atoms with van der Waals surface area (Å²) >= 11 is 0. The fourth-order valence-corrected chi connectivity index (χ4v) is 11.9. The average molecular weight is 852 g/mol. The minimum atomic E-state index is -0.529. The summed E-state index contributed by atoms with van der Waals surface area (Å²) in [5, 5.41) is 4.14. The average Bonchev–Trinajstić information content (AvgIpc) is 4.09. The van der Waals surface area contributed by atoms with Crippen LogP contribution in [0.3, 0.4) is 0 Å². The first-order valence-electron chi connectivity index (χ1n) is 22.8. The molecule has 3 aliphatic carbocycles. The third-order valence-corrected chi connectivity index (χ3v) is 14.8. The van der Waals surface area contributed by atoms with Gasteiger partial charge in [-0.05, 0) is 120 Å². The van der Waals surface area contributed by atoms with Crippen molar-refractivity contribution in [1.29, 1.82) is 0 Å². The molecule has 4 aliphatic rings. The SMILES string of the molecule is CC1C=CC=CCC2=C(O1)C1(C)c3ccccc3C3(c4ccccc4-c4ccc(-c5nc(-c6ccc7oc8ccccc8c7c6)nc(-c6ccc7oc8ccccc8c7c6)n5)cc43)C1C=C2. The van der Waals surface area contributed by atoms with Crippen molar-refractivity contribution in [3.8, 4) is 45.3 Å². The predicted octanol–water partition coefficient (Wildman–Crippen LogP) is 14.6. The molecule has 4 atom stereocenters. The first-order chi connectivity index (χ1) is 32.5. The Morgan fingerprint density at radius 3 is 1.73 bits per heavy atom. The standard InChI is InChI=1S/C60H41N3O3/c1-35-14-4-3-5-15-36-27-31-54-59(2,55(36)64-35)47-20-10-11-21-48(47)60(54)46-19-9-6-16-40(46)41-28-24-39(34-49(41)60)58-62-56(37-25-29-52-44(32-37)42-17-7-12-22-50(42)65-52)61-57(63-58)38-26-30-53-45(33-38)43-18-8-13-23-51(43)66-53/h3-14,16-35,54H,15H2,1-2H3. The largest absolute Gasteiger partial charge is 0.490 e. The number of hydrogen-bond acceptors (Lipinski definition) is 6. The van der Waals surface area contributed by atoms with Gasteiger partial charge in [-0.2, -0.15) is 0 Å². The summed E-state index contributed by atoms with van der Waals surface area (Å²) in [6.45, 7) is 4.55. The summed E-state index contributed by atoms with van der Waals surface area (Å²) in [6, 6.07) is 53.7. The van der Waals surface area contributed by atoms with Crippen molar-refractivity contribution in [3.63, 3.8) is 0 Å². The number of ether oxygens (including phenoxy) is 1. The second-order valence-corrected chi connectivity index (χ2v) is 18.3. The van der Waals surface area contributed by atoms with Gasteiger partial charge in [0.1, 0.15) is 34.2 Å². The van der Waals surface area contributed by atoms with Crippen LogP contribution in [-0.2, 0) is 15.6 Å². The van der Waals surface area contributed by atoms with Gasteiger partial charge < -0.3 is 13.6 Å². The van der Waals surface area contributed by atoms with E-state index in [1.807, 2.05) is 48.5 Å². The minimum Gasteiger partial charge on any atom is -0.490 e. The molecule has 0 fully saturated rings. The van der Waals surface area contributed by atoms with Gasteiger partial charge in [-0.3, -0.25) is 0 Å². The Morgan fingerprint density at radius 1 is 0.500 bits per heavy atom. The molecule has 1 spiro atoms. The van der Waals surface area contributed by atoms with Crippen molar-refractivity contribution in [3.05, 3.63) is 222 Å². The Kier molecular flexibility index (Phi) is 7.75. The molecule has 4 unspecified atom stereocenters. The maximum absolute atomic E-state index is 7.08. The fraction of sp³-hybridized carbons (Fsp3) is 0.117. The van der Waals surface area contributed by atoms with Gasteiger partial charge in [-0.25, -0.2) is 15.0 Å². The summed E-state index contributed by atoms with van der Waals surface area (Å²) in [5.41, 5.74) is 13.9. The lowest BCUT2D eigenvalue weighted by atomic mass is 9.60. The molecule has 0 saturated carbocycles. The van der Waals surface area contributed by atoms with E-state index in [0.717, 1.165) is 72.7 Å². The summed E-state index contributed by atoms with van der Waals surface area (Å²) in [6.07, 6.45) is 14.2. The summed E-state index contributed by atoms with van der Waals surface area (Å²) in [5.74, 6) is 2.84. The van der Waals surface area contributed by atoms with Crippen molar-refractivity contribution in [2.75, 3.05) is 0 Å². The zero-order valence-corrected chi connectivity index (χ0v) is 36.3. The first-order valence-corrected chi connectivity index (χ1v) is 22.8. The van der Waals surface area contributed by atoms with Crippen molar-refractivity contribution in [2.45, 2.75) is 37.2 Å². The van der Waals surface area contributed by atoms with Gasteiger partial charge in [0, 0.05) is 44.2 Å². The number of hydrogen-bond donors (Lipinski definition) is 0. The highest BCUT2D eigenvalue weighted by molar-refractivity contribution is 6.07. The lowest BCUT2D eigenvalue weighted by Gasteiger charge is -2.44. The van der Waals surface area contributed by atoms with E-state index >= 15 is 0 Å². The van der Waals surface area contributed by atoms with Crippen LogP contribution in [0.15, 0.2) is 208 Å². The van der Waals surface area contributed by atoms with E-state index in [4.69, 9.17) is 28.5 Å². The minimum absolute atomic E-state index is 0.0113. The highest BCUT2D eigenvalue weighted by Gasteiger charge is 2.64. The van der Waals surface area contributed by atoms with E-state index in [-0.39, 0.29) is 12.0 Å². The zero-order valence-electron chi connectivity index (χ0n) is 36.3. The number of fused-ring (bicyclic) bond motifs is 17. The molecular weight excluding hydrogens is 811 g/mol. The number of para-hydroxylation sites is 2. The van der Waals surface area contributed by atoms with Crippen LogP contribution < -0.4 is 0 Å². The van der Waals surface area contributed by atoms with Gasteiger partial charge in [0.15, 0.2) is 17.5 Å². The molecule has 0 radical (unpaired) electrons. The van der Waals surface area contributed by atoms with E-state index < -0.39 is 10.8 Å². The van der Waals surface area contributed by atoms with E-state index in [1.165, 1.54) is 39.0 Å². The van der Waals surface area contributed by atoms with Crippen molar-refractivity contribution in [2.24, 2.45) is 5.92 Å². The van der Waals surface area contributed by atoms with Crippen LogP contribution in [-0.4, -0.2) is 21.1 Å². The molecule has 0 amide bonds. The third kappa shape index (κ3) is 5.09. The number of furan rings is 2. The topological polar surface area (TPSA) is 74.2 Å². The number of benzene rings is 7. The number of nitrogens with zero attached hydrogens (tertiary/aromatic N) is 3. The smallest absolute Gasteiger partial charge is 0.164 e. The van der Waals surface area contributed by atoms with Gasteiger partial charge in [0.05, 0.1) is 10.8 Å². The number of aromatic nitrogens is 3. The van der Waals surface area contributed by atoms with E-state index in [9.17, 15) is 0 Å². The third-order valence-electron chi connectivity index (χ3n) is 14.8. The van der Waals surface area contributed by atoms with Gasteiger partial charge in [-0.1, -0.05) is 127 Å². The number of allylic oxidation sites excluding steroid dienone is 7. The summed E-state index contributed by atoms with van der Waals surface area (Å²) in [7, 11) is 0. The molecule has 0 bridgehead atoms. The Hall–Kier alpha value is -8.09. The fourth-order valence-electron chi connectivity index (χ4n) is 11.9. The molecule has 0 saturated heterocycles. The van der Waals surface area contributed by atoms with Crippen LogP contribution in [0.5, 0.6) is 0 Å². The van der Waals surface area contributed by atoms with Crippen molar-refractivity contribution < 1.29 is 13.6 Å². The molecule has 14 rings (SSSR count). The van der Waals surface area contributed by atoms with Crippen molar-refractivity contribution in [1.82, 2.24) is 15.0 Å². The lowest BCUT2D eigenvalue weighted by Crippen LogP contribution is -2.42. The van der Waals surface area contributed by atoms with E-state index in [2.05, 4.69) is 153 Å². The van der Waals surface area contributed by atoms with Gasteiger partial charge in [0.25, 0.3) is 0 Å². The van der Waals surface area contributed by atoms with Crippen LogP contribution in [0.4, 0.5) is 0 Å². The van der Waals surface area contributed by atoms with E-state index in [0.29, 0.717) is 17.5 Å². The molecule has 10 aromatic rings. The number of rotatable bonds is 3. The molecule has 1 aliphatic heterocycles. The van der Waals surface area contributed by atoms with Gasteiger partial charge in [-0.15, -0.1) is 0 Å². The summed E-state index contributed by atoms with van der Waals surface area (Å²) in [4.78, 5) is 16.0. The van der Waals surface area contributed by atoms with Crippen LogP contribution in [0.1, 0.15) is 42.5 Å². The lowest BCUT2D eigenvalue weighted by molar-refractivity contribution is 0.110. The molecule has 6 heteroatoms. The Bertz CT molecular complexity index is 3710. The van der Waals surface area contributed by atoms with Crippen LogP contribution in [0.25, 0.3) is 89.2 Å². The maximum atomic E-state index is 7.08. The highest BCUT2D eigenvalue weighted by Crippen LogP contribution is 2.69. The highest BCUT2D eigenvalue weighted by atomic mass is 16.5. The molecular formula is C60H41N3O3. The molecule has 0 N–H and O–H groups in total. The maximum Gasteiger partial charge on any atom is 0.164 e. The second-order valence-electron chi connectivity index (χ2n) is 18.3. The Labute approximate surface area is 380 Å². The molecule has 3 aromatic heterocycles. The van der Waals surface area contributed by atoms with Crippen LogP contribution >= 0.6 is 0 Å².